The summed E-state index contributed by atoms with van der Waals surface area (Å²) in [6.07, 6.45) is 15.8. The fourth-order valence-corrected chi connectivity index (χ4v) is 12.5. The SMILES string of the molecule is CC(C)(C)OCCCCCCC1CC([Si](C)(C)C2CC(CCCCCCOC(C)(C)C)c3ccccc32)c2ccccc21. The van der Waals surface area contributed by atoms with Crippen LogP contribution in [-0.2, 0) is 9.47 Å². The van der Waals surface area contributed by atoms with Gasteiger partial charge in [-0.2, -0.15) is 0 Å². The first-order valence-corrected chi connectivity index (χ1v) is 21.0. The third-order valence-corrected chi connectivity index (χ3v) is 15.1. The number of benzene rings is 2. The van der Waals surface area contributed by atoms with E-state index in [0.717, 1.165) is 36.1 Å². The maximum absolute atomic E-state index is 5.94. The highest BCUT2D eigenvalue weighted by Crippen LogP contribution is 2.56. The monoisotopic (exact) mass is 604 g/mol. The zero-order valence-corrected chi connectivity index (χ0v) is 30.1. The molecular weight excluding hydrogens is 541 g/mol. The van der Waals surface area contributed by atoms with Crippen LogP contribution in [0.4, 0.5) is 0 Å². The quantitative estimate of drug-likeness (QED) is 0.140. The summed E-state index contributed by atoms with van der Waals surface area (Å²) in [6, 6.07) is 19.2. The van der Waals surface area contributed by atoms with Gasteiger partial charge in [-0.25, -0.2) is 0 Å². The molecule has 0 bridgehead atoms. The maximum Gasteiger partial charge on any atom is 0.0628 e. The van der Waals surface area contributed by atoms with Gasteiger partial charge in [-0.15, -0.1) is 0 Å². The van der Waals surface area contributed by atoms with E-state index in [9.17, 15) is 0 Å². The molecule has 0 radical (unpaired) electrons. The summed E-state index contributed by atoms with van der Waals surface area (Å²) < 4.78 is 11.9. The molecule has 4 rings (SSSR count). The first-order chi connectivity index (χ1) is 20.4. The highest BCUT2D eigenvalue weighted by Gasteiger charge is 2.49. The Morgan fingerprint density at radius 2 is 0.884 bits per heavy atom. The van der Waals surface area contributed by atoms with Crippen LogP contribution < -0.4 is 0 Å². The van der Waals surface area contributed by atoms with Crippen LogP contribution in [0.3, 0.4) is 0 Å². The topological polar surface area (TPSA) is 18.5 Å². The number of hydrogen-bond donors (Lipinski definition) is 0. The van der Waals surface area contributed by atoms with Crippen molar-refractivity contribution in [3.63, 3.8) is 0 Å². The minimum absolute atomic E-state index is 0.0132. The van der Waals surface area contributed by atoms with Crippen LogP contribution >= 0.6 is 0 Å². The highest BCUT2D eigenvalue weighted by molar-refractivity contribution is 6.80. The molecule has 0 aromatic heterocycles. The second-order valence-corrected chi connectivity index (χ2v) is 21.4. The van der Waals surface area contributed by atoms with Crippen LogP contribution in [0, 0.1) is 0 Å². The first kappa shape index (κ1) is 34.5. The van der Waals surface area contributed by atoms with Gasteiger partial charge in [0.1, 0.15) is 0 Å². The van der Waals surface area contributed by atoms with E-state index in [0.29, 0.717) is 0 Å². The minimum Gasteiger partial charge on any atom is -0.376 e. The third-order valence-electron chi connectivity index (χ3n) is 10.4. The van der Waals surface area contributed by atoms with Gasteiger partial charge in [0, 0.05) is 13.2 Å². The van der Waals surface area contributed by atoms with Gasteiger partial charge in [0.15, 0.2) is 0 Å². The predicted molar refractivity (Wildman–Crippen MR) is 188 cm³/mol. The van der Waals surface area contributed by atoms with E-state index in [-0.39, 0.29) is 11.2 Å². The fourth-order valence-electron chi connectivity index (χ4n) is 8.12. The Bertz CT molecular complexity index is 1040. The van der Waals surface area contributed by atoms with E-state index in [2.05, 4.69) is 103 Å². The Kier molecular flexibility index (Phi) is 12.2. The number of rotatable bonds is 16. The zero-order chi connectivity index (χ0) is 31.1. The highest BCUT2D eigenvalue weighted by atomic mass is 28.3. The van der Waals surface area contributed by atoms with Crippen molar-refractivity contribution in [2.75, 3.05) is 13.2 Å². The van der Waals surface area contributed by atoms with E-state index >= 15 is 0 Å². The molecule has 4 unspecified atom stereocenters. The molecular formula is C40H64O2Si. The molecule has 2 aliphatic carbocycles. The van der Waals surface area contributed by atoms with Crippen LogP contribution in [0.1, 0.15) is 164 Å². The molecule has 2 aliphatic rings. The second-order valence-electron chi connectivity index (χ2n) is 16.4. The Balaban J connectivity index is 1.33. The van der Waals surface area contributed by atoms with E-state index in [1.165, 1.54) is 77.0 Å². The number of hydrogen-bond acceptors (Lipinski definition) is 2. The number of unbranched alkanes of at least 4 members (excludes halogenated alkanes) is 6. The van der Waals surface area contributed by atoms with Gasteiger partial charge in [-0.1, -0.05) is 100 Å². The molecule has 0 saturated carbocycles. The third kappa shape index (κ3) is 9.78. The lowest BCUT2D eigenvalue weighted by Gasteiger charge is -2.37. The standard InChI is InChI=1S/C40H64O2Si/c1-39(2,3)41-27-19-11-9-13-21-31-29-37(35-25-17-15-23-33(31)35)43(7,8)38-30-32(34-24-16-18-26-36(34)38)22-14-10-12-20-28-42-40(4,5)6/h15-18,23-26,31-32,37-38H,9-14,19-22,27-30H2,1-8H3. The molecule has 43 heavy (non-hydrogen) atoms. The van der Waals surface area contributed by atoms with Gasteiger partial charge < -0.3 is 9.47 Å². The molecule has 0 saturated heterocycles. The summed E-state index contributed by atoms with van der Waals surface area (Å²) in [5, 5.41) is 0. The van der Waals surface area contributed by atoms with Gasteiger partial charge in [-0.3, -0.25) is 0 Å². The van der Waals surface area contributed by atoms with Crippen molar-refractivity contribution in [3.8, 4) is 0 Å². The molecule has 0 spiro atoms. The van der Waals surface area contributed by atoms with E-state index in [4.69, 9.17) is 9.47 Å². The molecule has 0 heterocycles. The van der Waals surface area contributed by atoms with E-state index in [1.807, 2.05) is 0 Å². The van der Waals surface area contributed by atoms with Gasteiger partial charge in [0.2, 0.25) is 0 Å². The van der Waals surface area contributed by atoms with Crippen molar-refractivity contribution in [2.45, 2.75) is 166 Å². The number of ether oxygens (including phenoxy) is 2. The summed E-state index contributed by atoms with van der Waals surface area (Å²) in [6.45, 7) is 20.2. The Hall–Kier alpha value is -1.42. The molecule has 0 N–H and O–H groups in total. The van der Waals surface area contributed by atoms with Crippen LogP contribution in [-0.4, -0.2) is 32.5 Å². The van der Waals surface area contributed by atoms with Crippen molar-refractivity contribution in [2.24, 2.45) is 0 Å². The molecule has 0 aliphatic heterocycles. The molecule has 2 aromatic carbocycles. The summed E-state index contributed by atoms with van der Waals surface area (Å²) >= 11 is 0. The van der Waals surface area contributed by atoms with Gasteiger partial charge in [0.05, 0.1) is 19.3 Å². The fraction of sp³-hybridized carbons (Fsp3) is 0.700. The van der Waals surface area contributed by atoms with Crippen LogP contribution in [0.5, 0.6) is 0 Å². The van der Waals surface area contributed by atoms with Gasteiger partial charge in [-0.05, 0) is 125 Å². The summed E-state index contributed by atoms with van der Waals surface area (Å²) in [4.78, 5) is 0. The number of fused-ring (bicyclic) bond motifs is 2. The molecule has 3 heteroatoms. The predicted octanol–water partition coefficient (Wildman–Crippen LogP) is 11.8. The van der Waals surface area contributed by atoms with E-state index < -0.39 is 8.07 Å². The summed E-state index contributed by atoms with van der Waals surface area (Å²) in [5.74, 6) is 1.49. The van der Waals surface area contributed by atoms with Crippen molar-refractivity contribution >= 4 is 8.07 Å². The Morgan fingerprint density at radius 3 is 1.26 bits per heavy atom. The minimum atomic E-state index is -1.62. The molecule has 4 atom stereocenters. The van der Waals surface area contributed by atoms with Crippen LogP contribution in [0.15, 0.2) is 48.5 Å². The molecule has 240 valence electrons. The first-order valence-electron chi connectivity index (χ1n) is 17.8. The van der Waals surface area contributed by atoms with Gasteiger partial charge >= 0.3 is 0 Å². The lowest BCUT2D eigenvalue weighted by molar-refractivity contribution is -0.00512. The van der Waals surface area contributed by atoms with Crippen LogP contribution in [0.25, 0.3) is 0 Å². The Labute approximate surface area is 266 Å². The average molecular weight is 605 g/mol. The van der Waals surface area contributed by atoms with E-state index in [1.54, 1.807) is 22.3 Å². The molecule has 0 fully saturated rings. The van der Waals surface area contributed by atoms with Crippen molar-refractivity contribution < 1.29 is 9.47 Å². The smallest absolute Gasteiger partial charge is 0.0628 e. The molecule has 0 amide bonds. The van der Waals surface area contributed by atoms with Crippen molar-refractivity contribution in [1.29, 1.82) is 0 Å². The largest absolute Gasteiger partial charge is 0.376 e. The van der Waals surface area contributed by atoms with Crippen LogP contribution in [0.2, 0.25) is 13.1 Å². The lowest BCUT2D eigenvalue weighted by Crippen LogP contribution is -2.41. The summed E-state index contributed by atoms with van der Waals surface area (Å²) in [7, 11) is -1.62. The Morgan fingerprint density at radius 1 is 0.535 bits per heavy atom. The average Bonchev–Trinajstić information content (AvgIpc) is 3.51. The maximum atomic E-state index is 5.94. The zero-order valence-electron chi connectivity index (χ0n) is 29.1. The van der Waals surface area contributed by atoms with Crippen molar-refractivity contribution in [3.05, 3.63) is 70.8 Å². The molecule has 2 aromatic rings. The normalized spacial score (nSPS) is 22.1. The van der Waals surface area contributed by atoms with Gasteiger partial charge in [0.25, 0.3) is 0 Å². The lowest BCUT2D eigenvalue weighted by atomic mass is 9.95. The van der Waals surface area contributed by atoms with Crippen molar-refractivity contribution in [1.82, 2.24) is 0 Å². The second kappa shape index (κ2) is 15.2. The molecule has 2 nitrogen and oxygen atoms in total. The summed E-state index contributed by atoms with van der Waals surface area (Å²) in [5.41, 5.74) is 8.30.